The number of pyridine rings is 1. The highest BCUT2D eigenvalue weighted by Gasteiger charge is 2.10. The molecule has 1 atom stereocenters. The lowest BCUT2D eigenvalue weighted by Crippen LogP contribution is -2.08. The molecule has 84 valence electrons. The number of hydrogen-bond acceptors (Lipinski definition) is 2. The van der Waals surface area contributed by atoms with Crippen molar-refractivity contribution in [3.8, 4) is 0 Å². The highest BCUT2D eigenvalue weighted by molar-refractivity contribution is 6.45. The molecule has 0 aliphatic heterocycles. The van der Waals surface area contributed by atoms with Gasteiger partial charge in [-0.25, -0.2) is 4.98 Å². The van der Waals surface area contributed by atoms with Crippen LogP contribution in [0.5, 0.6) is 0 Å². The van der Waals surface area contributed by atoms with E-state index in [1.807, 2.05) is 26.0 Å². The molecular formula is C12H12Cl2N2. The van der Waals surface area contributed by atoms with E-state index < -0.39 is 0 Å². The van der Waals surface area contributed by atoms with Crippen molar-refractivity contribution in [1.82, 2.24) is 4.98 Å². The lowest BCUT2D eigenvalue weighted by Gasteiger charge is -2.10. The fourth-order valence-electron chi connectivity index (χ4n) is 1.66. The molecule has 0 amide bonds. The van der Waals surface area contributed by atoms with Crippen LogP contribution in [-0.4, -0.2) is 4.98 Å². The molecule has 0 saturated heterocycles. The van der Waals surface area contributed by atoms with E-state index >= 15 is 0 Å². The van der Waals surface area contributed by atoms with E-state index in [1.54, 1.807) is 6.07 Å². The molecule has 0 aliphatic carbocycles. The van der Waals surface area contributed by atoms with Crippen LogP contribution in [0.3, 0.4) is 0 Å². The zero-order valence-electron chi connectivity index (χ0n) is 9.09. The summed E-state index contributed by atoms with van der Waals surface area (Å²) in [6, 6.07) is 5.58. The van der Waals surface area contributed by atoms with E-state index in [1.165, 1.54) is 0 Å². The van der Waals surface area contributed by atoms with Crippen molar-refractivity contribution in [1.29, 1.82) is 0 Å². The Morgan fingerprint density at radius 1 is 1.31 bits per heavy atom. The van der Waals surface area contributed by atoms with Crippen molar-refractivity contribution in [2.45, 2.75) is 19.9 Å². The summed E-state index contributed by atoms with van der Waals surface area (Å²) in [7, 11) is 0. The van der Waals surface area contributed by atoms with Crippen LogP contribution < -0.4 is 5.73 Å². The maximum absolute atomic E-state index is 6.14. The average molecular weight is 255 g/mol. The average Bonchev–Trinajstić information content (AvgIpc) is 2.23. The number of hydrogen-bond donors (Lipinski definition) is 1. The number of fused-ring (bicyclic) bond motifs is 1. The molecule has 0 aliphatic rings. The Labute approximate surface area is 104 Å². The van der Waals surface area contributed by atoms with Gasteiger partial charge in [0.15, 0.2) is 0 Å². The molecule has 2 N–H and O–H groups in total. The molecule has 2 aromatic rings. The zero-order valence-corrected chi connectivity index (χ0v) is 10.6. The summed E-state index contributed by atoms with van der Waals surface area (Å²) in [5, 5.41) is 2.02. The molecule has 2 nitrogen and oxygen atoms in total. The molecule has 1 unspecified atom stereocenters. The minimum absolute atomic E-state index is 0.113. The number of nitrogens with zero attached hydrogens (tertiary/aromatic N) is 1. The lowest BCUT2D eigenvalue weighted by molar-refractivity contribution is 0.785. The van der Waals surface area contributed by atoms with Crippen molar-refractivity contribution in [3.05, 3.63) is 39.5 Å². The van der Waals surface area contributed by atoms with Crippen LogP contribution in [0, 0.1) is 6.92 Å². The van der Waals surface area contributed by atoms with Crippen molar-refractivity contribution in [2.24, 2.45) is 5.73 Å². The Hall–Kier alpha value is -0.830. The van der Waals surface area contributed by atoms with E-state index in [0.717, 1.165) is 22.2 Å². The number of rotatable bonds is 1. The van der Waals surface area contributed by atoms with E-state index in [0.29, 0.717) is 10.0 Å². The molecular weight excluding hydrogens is 243 g/mol. The normalized spacial score (nSPS) is 13.1. The third-order valence-corrected chi connectivity index (χ3v) is 3.36. The first-order chi connectivity index (χ1) is 7.50. The smallest absolute Gasteiger partial charge is 0.0910 e. The Balaban J connectivity index is 2.83. The summed E-state index contributed by atoms with van der Waals surface area (Å²) >= 11 is 12.1. The monoisotopic (exact) mass is 254 g/mol. The fraction of sp³-hybridized carbons (Fsp3) is 0.250. The second-order valence-corrected chi connectivity index (χ2v) is 4.70. The molecule has 0 spiro atoms. The number of nitrogens with two attached hydrogens (primary N) is 1. The van der Waals surface area contributed by atoms with E-state index in [2.05, 4.69) is 4.98 Å². The van der Waals surface area contributed by atoms with E-state index in [-0.39, 0.29) is 6.04 Å². The summed E-state index contributed by atoms with van der Waals surface area (Å²) < 4.78 is 0. The van der Waals surface area contributed by atoms with Crippen molar-refractivity contribution in [2.75, 3.05) is 0 Å². The molecule has 1 aromatic carbocycles. The molecule has 2 rings (SSSR count). The topological polar surface area (TPSA) is 38.9 Å². The number of benzene rings is 1. The largest absolute Gasteiger partial charge is 0.323 e. The van der Waals surface area contributed by atoms with Crippen molar-refractivity contribution < 1.29 is 0 Å². The maximum Gasteiger partial charge on any atom is 0.0910 e. The highest BCUT2D eigenvalue weighted by Crippen LogP contribution is 2.31. The molecule has 0 saturated carbocycles. The van der Waals surface area contributed by atoms with Crippen LogP contribution in [0.1, 0.15) is 24.2 Å². The number of aromatic nitrogens is 1. The van der Waals surface area contributed by atoms with E-state index in [4.69, 9.17) is 28.9 Å². The van der Waals surface area contributed by atoms with Gasteiger partial charge in [-0.05, 0) is 31.5 Å². The third-order valence-electron chi connectivity index (χ3n) is 2.57. The van der Waals surface area contributed by atoms with Crippen molar-refractivity contribution in [3.63, 3.8) is 0 Å². The first kappa shape index (κ1) is 11.6. The Morgan fingerprint density at radius 2 is 2.00 bits per heavy atom. The van der Waals surface area contributed by atoms with Gasteiger partial charge in [-0.3, -0.25) is 0 Å². The molecule has 1 aromatic heterocycles. The molecule has 1 heterocycles. The van der Waals surface area contributed by atoms with Crippen LogP contribution in [0.15, 0.2) is 18.2 Å². The zero-order chi connectivity index (χ0) is 11.9. The van der Waals surface area contributed by atoms with Gasteiger partial charge in [0, 0.05) is 11.4 Å². The fourth-order valence-corrected chi connectivity index (χ4v) is 2.02. The third kappa shape index (κ3) is 1.88. The van der Waals surface area contributed by atoms with Gasteiger partial charge in [0.05, 0.1) is 21.3 Å². The predicted octanol–water partition coefficient (Wildman–Crippen LogP) is 3.87. The van der Waals surface area contributed by atoms with Gasteiger partial charge in [-0.15, -0.1) is 0 Å². The van der Waals surface area contributed by atoms with Crippen LogP contribution in [0.4, 0.5) is 0 Å². The second-order valence-electron chi connectivity index (χ2n) is 3.91. The first-order valence-corrected chi connectivity index (χ1v) is 5.77. The van der Waals surface area contributed by atoms with Gasteiger partial charge in [0.1, 0.15) is 0 Å². The predicted molar refractivity (Wildman–Crippen MR) is 69.1 cm³/mol. The van der Waals surface area contributed by atoms with Gasteiger partial charge in [-0.2, -0.15) is 0 Å². The van der Waals surface area contributed by atoms with Crippen LogP contribution in [0.25, 0.3) is 10.9 Å². The second kappa shape index (κ2) is 4.21. The minimum atomic E-state index is -0.113. The first-order valence-electron chi connectivity index (χ1n) is 5.01. The number of aryl methyl sites for hydroxylation is 1. The summed E-state index contributed by atoms with van der Waals surface area (Å²) in [5.74, 6) is 0. The molecule has 4 heteroatoms. The maximum atomic E-state index is 6.14. The molecule has 16 heavy (non-hydrogen) atoms. The lowest BCUT2D eigenvalue weighted by atomic mass is 10.1. The summed E-state index contributed by atoms with van der Waals surface area (Å²) in [5.41, 5.74) is 8.48. The summed E-state index contributed by atoms with van der Waals surface area (Å²) in [4.78, 5) is 4.45. The molecule has 0 radical (unpaired) electrons. The van der Waals surface area contributed by atoms with Gasteiger partial charge in [-0.1, -0.05) is 29.3 Å². The highest BCUT2D eigenvalue weighted by atomic mass is 35.5. The minimum Gasteiger partial charge on any atom is -0.323 e. The van der Waals surface area contributed by atoms with Gasteiger partial charge in [0.2, 0.25) is 0 Å². The Kier molecular flexibility index (Phi) is 3.06. The SMILES string of the molecule is Cc1cc(C(C)N)nc2c(Cl)c(Cl)ccc12. The van der Waals surface area contributed by atoms with Crippen LogP contribution in [0.2, 0.25) is 10.0 Å². The summed E-state index contributed by atoms with van der Waals surface area (Å²) in [6.45, 7) is 3.91. The molecule has 0 fully saturated rings. The number of halogens is 2. The Bertz CT molecular complexity index is 550. The quantitative estimate of drug-likeness (QED) is 0.840. The van der Waals surface area contributed by atoms with Gasteiger partial charge < -0.3 is 5.73 Å². The van der Waals surface area contributed by atoms with Crippen LogP contribution in [-0.2, 0) is 0 Å². The summed E-state index contributed by atoms with van der Waals surface area (Å²) in [6.07, 6.45) is 0. The molecule has 0 bridgehead atoms. The van der Waals surface area contributed by atoms with Gasteiger partial charge in [0.25, 0.3) is 0 Å². The Morgan fingerprint density at radius 3 is 2.62 bits per heavy atom. The van der Waals surface area contributed by atoms with E-state index in [9.17, 15) is 0 Å². The van der Waals surface area contributed by atoms with Gasteiger partial charge >= 0.3 is 0 Å². The standard InChI is InChI=1S/C12H12Cl2N2/c1-6-5-10(7(2)15)16-12-8(6)3-4-9(13)11(12)14/h3-5,7H,15H2,1-2H3. The van der Waals surface area contributed by atoms with Crippen LogP contribution >= 0.6 is 23.2 Å². The van der Waals surface area contributed by atoms with Crippen molar-refractivity contribution >= 4 is 34.1 Å².